The van der Waals surface area contributed by atoms with E-state index in [4.69, 9.17) is 28.9 Å². The number of esters is 1. The van der Waals surface area contributed by atoms with E-state index < -0.39 is 53.0 Å². The van der Waals surface area contributed by atoms with E-state index in [1.54, 1.807) is 30.1 Å². The lowest BCUT2D eigenvalue weighted by atomic mass is 9.89. The molecule has 0 N–H and O–H groups in total. The van der Waals surface area contributed by atoms with Crippen LogP contribution < -0.4 is 0 Å². The van der Waals surface area contributed by atoms with Crippen molar-refractivity contribution in [2.75, 3.05) is 40.4 Å². The summed E-state index contributed by atoms with van der Waals surface area (Å²) in [5, 5.41) is 11.9. The lowest BCUT2D eigenvalue weighted by Crippen LogP contribution is -2.47. The van der Waals surface area contributed by atoms with Gasteiger partial charge in [0, 0.05) is 54.9 Å². The molecular formula is C41H47F3N6O8S. The average Bonchev–Trinajstić information content (AvgIpc) is 3.72. The number of thioether (sulfide) groups is 1. The van der Waals surface area contributed by atoms with Gasteiger partial charge in [-0.3, -0.25) is 9.59 Å². The number of benzene rings is 2. The highest BCUT2D eigenvalue weighted by molar-refractivity contribution is 8.00. The number of allylic oxidation sites excluding steroid dienone is 2. The molecule has 3 atom stereocenters. The zero-order valence-electron chi connectivity index (χ0n) is 33.2. The van der Waals surface area contributed by atoms with Crippen LogP contribution in [0, 0.1) is 28.8 Å². The molecule has 2 fully saturated rings. The van der Waals surface area contributed by atoms with Crippen LogP contribution in [0.15, 0.2) is 67.3 Å². The summed E-state index contributed by atoms with van der Waals surface area (Å²) in [6.07, 6.45) is 6.83. The maximum Gasteiger partial charge on any atom is 0.512 e. The molecule has 316 valence electrons. The second kappa shape index (κ2) is 21.2. The number of rotatable bonds is 16. The predicted molar refractivity (Wildman–Crippen MR) is 210 cm³/mol. The summed E-state index contributed by atoms with van der Waals surface area (Å²) < 4.78 is 73.9. The molecule has 1 unspecified atom stereocenters. The van der Waals surface area contributed by atoms with Gasteiger partial charge in [-0.25, -0.2) is 27.6 Å². The predicted octanol–water partition coefficient (Wildman–Crippen LogP) is 5.97. The van der Waals surface area contributed by atoms with Gasteiger partial charge in [-0.05, 0) is 64.2 Å². The van der Waals surface area contributed by atoms with Gasteiger partial charge in [0.2, 0.25) is 12.2 Å². The first-order chi connectivity index (χ1) is 28.3. The Morgan fingerprint density at radius 1 is 1.03 bits per heavy atom. The Kier molecular flexibility index (Phi) is 16.1. The molecule has 0 bridgehead atoms. The van der Waals surface area contributed by atoms with Gasteiger partial charge in [-0.15, -0.1) is 11.8 Å². The number of aromatic nitrogens is 3. The van der Waals surface area contributed by atoms with Crippen LogP contribution in [0.3, 0.4) is 0 Å². The Bertz CT molecular complexity index is 2000. The number of ether oxygens (including phenoxy) is 5. The number of nitriles is 1. The second-order valence-corrected chi connectivity index (χ2v) is 15.9. The molecule has 1 amide bonds. The van der Waals surface area contributed by atoms with E-state index in [2.05, 4.69) is 15.0 Å². The number of hydrogen-bond acceptors (Lipinski definition) is 13. The SMILES string of the molecule is CC(OC(=O)CCC(=O)N1CCC(N(C)C)CC1)OC(=O)O[C@@](Cn1cncn1)(c1ccc(F)cc1F)[C@@H](C)SC1COC(/C=C/C=C/c2ccc(C#N)cc2F)OC1. The minimum Gasteiger partial charge on any atom is -0.425 e. The largest absolute Gasteiger partial charge is 0.512 e. The quantitative estimate of drug-likeness (QED) is 0.0945. The van der Waals surface area contributed by atoms with Gasteiger partial charge in [-0.2, -0.15) is 10.4 Å². The Balaban J connectivity index is 1.22. The second-order valence-electron chi connectivity index (χ2n) is 14.2. The molecule has 18 heteroatoms. The fraction of sp³-hybridized carbons (Fsp3) is 0.463. The van der Waals surface area contributed by atoms with Crippen molar-refractivity contribution in [3.63, 3.8) is 0 Å². The standard InChI is InChI=1S/C41H47F3N6O8S/c1-27(59-33-22-54-39(55-23-33)8-6-5-7-30-10-9-29(21-45)19-35(30)43)41(24-50-26-46-25-47-50,34-12-11-31(42)20-36(34)44)58-40(53)57-28(2)56-38(52)14-13-37(51)49-17-15-32(16-18-49)48(3)4/h5-12,19-20,25-28,32-33,39H,13-18,22-24H2,1-4H3/b7-5+,8-6+/t27-,28?,33?,39?,41-/m1/s1. The molecule has 5 rings (SSSR count). The highest BCUT2D eigenvalue weighted by atomic mass is 32.2. The highest BCUT2D eigenvalue weighted by Crippen LogP contribution is 2.42. The van der Waals surface area contributed by atoms with Crippen molar-refractivity contribution < 1.29 is 51.2 Å². The van der Waals surface area contributed by atoms with Crippen molar-refractivity contribution in [3.05, 3.63) is 101 Å². The van der Waals surface area contributed by atoms with Gasteiger partial charge in [0.15, 0.2) is 11.9 Å². The molecule has 3 heterocycles. The van der Waals surface area contributed by atoms with Gasteiger partial charge in [0.25, 0.3) is 0 Å². The van der Waals surface area contributed by atoms with E-state index in [1.807, 2.05) is 20.2 Å². The fourth-order valence-corrected chi connectivity index (χ4v) is 8.06. The first-order valence-electron chi connectivity index (χ1n) is 19.0. The first kappa shape index (κ1) is 44.9. The van der Waals surface area contributed by atoms with E-state index >= 15 is 4.39 Å². The summed E-state index contributed by atoms with van der Waals surface area (Å²) in [5.74, 6) is -3.34. The number of halogens is 3. The van der Waals surface area contributed by atoms with Crippen LogP contribution in [0.4, 0.5) is 18.0 Å². The molecule has 1 aromatic heterocycles. The number of likely N-dealkylation sites (tertiary alicyclic amines) is 1. The van der Waals surface area contributed by atoms with Crippen LogP contribution in [0.25, 0.3) is 6.08 Å². The third-order valence-corrected chi connectivity index (χ3v) is 11.3. The number of amides is 1. The van der Waals surface area contributed by atoms with Crippen LogP contribution >= 0.6 is 11.8 Å². The van der Waals surface area contributed by atoms with E-state index in [1.165, 1.54) is 60.3 Å². The van der Waals surface area contributed by atoms with Crippen molar-refractivity contribution in [1.29, 1.82) is 5.26 Å². The van der Waals surface area contributed by atoms with Crippen LogP contribution in [-0.4, -0.2) is 112 Å². The maximum atomic E-state index is 15.8. The topological polar surface area (TPSA) is 158 Å². The number of carbonyl (C=O) groups excluding carboxylic acids is 3. The molecule has 0 saturated carbocycles. The summed E-state index contributed by atoms with van der Waals surface area (Å²) in [4.78, 5) is 46.8. The number of nitrogens with zero attached hydrogens (tertiary/aromatic N) is 6. The highest BCUT2D eigenvalue weighted by Gasteiger charge is 2.47. The Labute approximate surface area is 344 Å². The Hall–Kier alpha value is -5.22. The maximum absolute atomic E-state index is 15.8. The molecule has 2 aromatic carbocycles. The number of carbonyl (C=O) groups is 3. The van der Waals surface area contributed by atoms with Gasteiger partial charge in [0.05, 0.1) is 43.1 Å². The van der Waals surface area contributed by atoms with Crippen LogP contribution in [0.5, 0.6) is 0 Å². The van der Waals surface area contributed by atoms with Gasteiger partial charge >= 0.3 is 12.1 Å². The molecule has 0 spiro atoms. The normalized spacial score (nSPS) is 19.6. The first-order valence-corrected chi connectivity index (χ1v) is 19.9. The van der Waals surface area contributed by atoms with E-state index in [0.717, 1.165) is 25.0 Å². The number of piperidine rings is 1. The van der Waals surface area contributed by atoms with Crippen molar-refractivity contribution >= 4 is 35.9 Å². The Morgan fingerprint density at radius 3 is 2.42 bits per heavy atom. The summed E-state index contributed by atoms with van der Waals surface area (Å²) >= 11 is 1.25. The van der Waals surface area contributed by atoms with Crippen molar-refractivity contribution in [2.24, 2.45) is 0 Å². The van der Waals surface area contributed by atoms with Crippen LogP contribution in [-0.2, 0) is 45.4 Å². The molecule has 0 radical (unpaired) electrons. The van der Waals surface area contributed by atoms with Gasteiger partial charge in [-0.1, -0.05) is 24.3 Å². The lowest BCUT2D eigenvalue weighted by Gasteiger charge is -2.40. The summed E-state index contributed by atoms with van der Waals surface area (Å²) in [6.45, 7) is 4.20. The van der Waals surface area contributed by atoms with Crippen LogP contribution in [0.2, 0.25) is 0 Å². The average molecular weight is 841 g/mol. The smallest absolute Gasteiger partial charge is 0.425 e. The lowest BCUT2D eigenvalue weighted by molar-refractivity contribution is -0.172. The zero-order chi connectivity index (χ0) is 42.5. The molecule has 2 saturated heterocycles. The molecule has 59 heavy (non-hydrogen) atoms. The molecule has 3 aromatic rings. The zero-order valence-corrected chi connectivity index (χ0v) is 34.0. The van der Waals surface area contributed by atoms with Gasteiger partial charge < -0.3 is 33.5 Å². The van der Waals surface area contributed by atoms with E-state index in [0.29, 0.717) is 30.8 Å². The molecular weight excluding hydrogens is 794 g/mol. The fourth-order valence-electron chi connectivity index (χ4n) is 6.70. The van der Waals surface area contributed by atoms with Gasteiger partial charge in [0.1, 0.15) is 30.1 Å². The summed E-state index contributed by atoms with van der Waals surface area (Å²) in [7, 11) is 4.00. The molecule has 14 nitrogen and oxygen atoms in total. The van der Waals surface area contributed by atoms with E-state index in [9.17, 15) is 23.2 Å². The summed E-state index contributed by atoms with van der Waals surface area (Å²) in [5.41, 5.74) is -1.58. The van der Waals surface area contributed by atoms with Crippen molar-refractivity contribution in [1.82, 2.24) is 24.6 Å². The van der Waals surface area contributed by atoms with Crippen LogP contribution in [0.1, 0.15) is 56.2 Å². The minimum absolute atomic E-state index is 0.0774. The minimum atomic E-state index is -1.91. The van der Waals surface area contributed by atoms with Crippen molar-refractivity contribution in [3.8, 4) is 6.07 Å². The Morgan fingerprint density at radius 2 is 1.78 bits per heavy atom. The summed E-state index contributed by atoms with van der Waals surface area (Å²) in [6, 6.07) is 9.30. The third kappa shape index (κ3) is 12.6. The number of hydrogen-bond donors (Lipinski definition) is 0. The molecule has 2 aliphatic heterocycles. The van der Waals surface area contributed by atoms with Crippen molar-refractivity contribution in [2.45, 2.75) is 80.8 Å². The van der Waals surface area contributed by atoms with E-state index in [-0.39, 0.29) is 54.9 Å². The molecule has 0 aliphatic carbocycles. The third-order valence-electron chi connectivity index (χ3n) is 9.90. The molecule has 2 aliphatic rings. The monoisotopic (exact) mass is 840 g/mol.